The molecule has 1 aromatic heterocycles. The topological polar surface area (TPSA) is 0 Å². The number of halogens is 1. The van der Waals surface area contributed by atoms with Gasteiger partial charge in [-0.15, -0.1) is 11.3 Å². The number of hydrogen-bond acceptors (Lipinski definition) is 1. The van der Waals surface area contributed by atoms with Crippen LogP contribution in [0.25, 0.3) is 0 Å². The zero-order chi connectivity index (χ0) is 9.68. The zero-order valence-corrected chi connectivity index (χ0v) is 9.56. The molecule has 0 spiro atoms. The van der Waals surface area contributed by atoms with Crippen molar-refractivity contribution in [2.75, 3.05) is 0 Å². The average Bonchev–Trinajstić information content (AvgIpc) is 2.41. The summed E-state index contributed by atoms with van der Waals surface area (Å²) in [7, 11) is 0. The van der Waals surface area contributed by atoms with Gasteiger partial charge in [-0.3, -0.25) is 0 Å². The Hall–Kier alpha value is -0.450. The standard InChI is InChI=1S/C11H13ClS/c1-3-4-5-6-7-10-8-11(12)9(2)13-10/h8H,3-5H2,1-2H3. The van der Waals surface area contributed by atoms with Crippen LogP contribution in [-0.4, -0.2) is 0 Å². The monoisotopic (exact) mass is 212 g/mol. The third kappa shape index (κ3) is 3.42. The van der Waals surface area contributed by atoms with Crippen molar-refractivity contribution in [2.45, 2.75) is 33.1 Å². The predicted octanol–water partition coefficient (Wildman–Crippen LogP) is 4.25. The molecule has 1 aromatic rings. The summed E-state index contributed by atoms with van der Waals surface area (Å²) >= 11 is 7.58. The molecular weight excluding hydrogens is 200 g/mol. The van der Waals surface area contributed by atoms with Crippen LogP contribution in [0.1, 0.15) is 35.9 Å². The van der Waals surface area contributed by atoms with Gasteiger partial charge in [0.25, 0.3) is 0 Å². The highest BCUT2D eigenvalue weighted by Crippen LogP contribution is 2.24. The van der Waals surface area contributed by atoms with E-state index in [1.54, 1.807) is 11.3 Å². The molecule has 2 heteroatoms. The van der Waals surface area contributed by atoms with Gasteiger partial charge in [-0.25, -0.2) is 0 Å². The van der Waals surface area contributed by atoms with Crippen LogP contribution in [0.5, 0.6) is 0 Å². The first kappa shape index (κ1) is 10.6. The van der Waals surface area contributed by atoms with E-state index in [9.17, 15) is 0 Å². The fourth-order valence-electron chi connectivity index (χ4n) is 0.936. The second kappa shape index (κ2) is 5.32. The molecule has 0 N–H and O–H groups in total. The lowest BCUT2D eigenvalue weighted by Crippen LogP contribution is -1.67. The summed E-state index contributed by atoms with van der Waals surface area (Å²) in [5.74, 6) is 6.27. The van der Waals surface area contributed by atoms with Gasteiger partial charge in [0.15, 0.2) is 0 Å². The molecule has 13 heavy (non-hydrogen) atoms. The molecule has 1 heterocycles. The van der Waals surface area contributed by atoms with Crippen molar-refractivity contribution in [1.82, 2.24) is 0 Å². The van der Waals surface area contributed by atoms with Gasteiger partial charge in [-0.1, -0.05) is 36.8 Å². The molecule has 70 valence electrons. The van der Waals surface area contributed by atoms with Gasteiger partial charge in [0.05, 0.1) is 9.90 Å². The summed E-state index contributed by atoms with van der Waals surface area (Å²) in [6.07, 6.45) is 3.38. The quantitative estimate of drug-likeness (QED) is 0.508. The molecule has 0 atom stereocenters. The molecule has 0 saturated heterocycles. The molecule has 0 aliphatic heterocycles. The Labute approximate surface area is 88.9 Å². The summed E-state index contributed by atoms with van der Waals surface area (Å²) in [4.78, 5) is 2.24. The van der Waals surface area contributed by atoms with E-state index >= 15 is 0 Å². The fraction of sp³-hybridized carbons (Fsp3) is 0.455. The molecule has 0 bridgehead atoms. The summed E-state index contributed by atoms with van der Waals surface area (Å²) in [6.45, 7) is 4.19. The molecule has 0 fully saturated rings. The van der Waals surface area contributed by atoms with E-state index in [1.165, 1.54) is 12.8 Å². The number of aryl methyl sites for hydroxylation is 1. The molecule has 0 radical (unpaired) electrons. The van der Waals surface area contributed by atoms with Crippen LogP contribution in [-0.2, 0) is 0 Å². The van der Waals surface area contributed by atoms with Gasteiger partial charge >= 0.3 is 0 Å². The second-order valence-corrected chi connectivity index (χ2v) is 4.58. The first-order valence-electron chi connectivity index (χ1n) is 4.49. The Bertz CT molecular complexity index is 308. The van der Waals surface area contributed by atoms with Crippen molar-refractivity contribution in [1.29, 1.82) is 0 Å². The van der Waals surface area contributed by atoms with E-state index in [1.807, 2.05) is 13.0 Å². The van der Waals surface area contributed by atoms with Crippen molar-refractivity contribution < 1.29 is 0 Å². The van der Waals surface area contributed by atoms with Gasteiger partial charge < -0.3 is 0 Å². The normalized spacial score (nSPS) is 9.46. The molecule has 1 rings (SSSR count). The highest BCUT2D eigenvalue weighted by Gasteiger charge is 1.99. The van der Waals surface area contributed by atoms with Crippen molar-refractivity contribution in [3.05, 3.63) is 20.8 Å². The summed E-state index contributed by atoms with van der Waals surface area (Å²) in [5, 5.41) is 0.838. The predicted molar refractivity (Wildman–Crippen MR) is 60.5 cm³/mol. The van der Waals surface area contributed by atoms with Crippen molar-refractivity contribution >= 4 is 22.9 Å². The van der Waals surface area contributed by atoms with Crippen LogP contribution in [0.15, 0.2) is 6.07 Å². The number of rotatable bonds is 2. The zero-order valence-electron chi connectivity index (χ0n) is 7.98. The van der Waals surface area contributed by atoms with E-state index in [2.05, 4.69) is 18.8 Å². The molecule has 0 saturated carbocycles. The molecule has 0 unspecified atom stereocenters. The van der Waals surface area contributed by atoms with Crippen LogP contribution < -0.4 is 0 Å². The highest BCUT2D eigenvalue weighted by molar-refractivity contribution is 7.13. The van der Waals surface area contributed by atoms with Crippen molar-refractivity contribution in [3.63, 3.8) is 0 Å². The van der Waals surface area contributed by atoms with E-state index in [0.717, 1.165) is 21.2 Å². The third-order valence-corrected chi connectivity index (χ3v) is 3.19. The molecule has 0 aliphatic rings. The lowest BCUT2D eigenvalue weighted by atomic mass is 10.2. The van der Waals surface area contributed by atoms with Crippen LogP contribution in [0.4, 0.5) is 0 Å². The maximum Gasteiger partial charge on any atom is 0.0786 e. The number of hydrogen-bond donors (Lipinski definition) is 0. The first-order chi connectivity index (χ1) is 6.24. The molecule has 0 nitrogen and oxygen atoms in total. The lowest BCUT2D eigenvalue weighted by Gasteiger charge is -1.82. The van der Waals surface area contributed by atoms with Gasteiger partial charge in [0, 0.05) is 11.3 Å². The Balaban J connectivity index is 2.56. The smallest absolute Gasteiger partial charge is 0.0786 e. The Kier molecular flexibility index (Phi) is 4.35. The van der Waals surface area contributed by atoms with E-state index < -0.39 is 0 Å². The minimum atomic E-state index is 0.838. The van der Waals surface area contributed by atoms with Crippen LogP contribution in [0.2, 0.25) is 5.02 Å². The molecule has 0 aliphatic carbocycles. The Morgan fingerprint density at radius 2 is 2.31 bits per heavy atom. The highest BCUT2D eigenvalue weighted by atomic mass is 35.5. The van der Waals surface area contributed by atoms with Gasteiger partial charge in [0.1, 0.15) is 0 Å². The molecule has 0 aromatic carbocycles. The maximum absolute atomic E-state index is 5.91. The van der Waals surface area contributed by atoms with Gasteiger partial charge in [-0.2, -0.15) is 0 Å². The fourth-order valence-corrected chi connectivity index (χ4v) is 2.01. The largest absolute Gasteiger partial charge is 0.130 e. The van der Waals surface area contributed by atoms with Crippen LogP contribution >= 0.6 is 22.9 Å². The summed E-state index contributed by atoms with van der Waals surface area (Å²) in [6, 6.07) is 1.94. The Morgan fingerprint density at radius 1 is 1.54 bits per heavy atom. The lowest BCUT2D eigenvalue weighted by molar-refractivity contribution is 0.828. The van der Waals surface area contributed by atoms with Crippen LogP contribution in [0, 0.1) is 18.8 Å². The third-order valence-electron chi connectivity index (χ3n) is 1.72. The molecule has 0 amide bonds. The van der Waals surface area contributed by atoms with E-state index in [0.29, 0.717) is 0 Å². The van der Waals surface area contributed by atoms with Crippen molar-refractivity contribution in [3.8, 4) is 11.8 Å². The Morgan fingerprint density at radius 3 is 2.85 bits per heavy atom. The van der Waals surface area contributed by atoms with Crippen molar-refractivity contribution in [2.24, 2.45) is 0 Å². The second-order valence-electron chi connectivity index (χ2n) is 2.92. The summed E-state index contributed by atoms with van der Waals surface area (Å²) < 4.78 is 0. The average molecular weight is 213 g/mol. The first-order valence-corrected chi connectivity index (χ1v) is 5.68. The maximum atomic E-state index is 5.91. The van der Waals surface area contributed by atoms with Crippen LogP contribution in [0.3, 0.4) is 0 Å². The SMILES string of the molecule is CCCCC#Cc1cc(Cl)c(C)s1. The van der Waals surface area contributed by atoms with E-state index in [-0.39, 0.29) is 0 Å². The number of thiophene rings is 1. The summed E-state index contributed by atoms with van der Waals surface area (Å²) in [5.41, 5.74) is 0. The number of unbranched alkanes of at least 4 members (excludes halogenated alkanes) is 2. The molecular formula is C11H13ClS. The van der Waals surface area contributed by atoms with Gasteiger partial charge in [0.2, 0.25) is 0 Å². The van der Waals surface area contributed by atoms with E-state index in [4.69, 9.17) is 11.6 Å². The van der Waals surface area contributed by atoms with Gasteiger partial charge in [-0.05, 0) is 19.4 Å². The minimum absolute atomic E-state index is 0.838. The minimum Gasteiger partial charge on any atom is -0.130 e.